The summed E-state index contributed by atoms with van der Waals surface area (Å²) in [5.74, 6) is 1.37. The summed E-state index contributed by atoms with van der Waals surface area (Å²) in [5, 5.41) is 6.35. The van der Waals surface area contributed by atoms with Crippen molar-refractivity contribution < 1.29 is 4.79 Å². The number of carbonyl (C=O) groups is 1. The third kappa shape index (κ3) is 7.09. The highest BCUT2D eigenvalue weighted by molar-refractivity contribution is 14.0. The fraction of sp³-hybridized carbons (Fsp3) is 0.667. The molecule has 2 N–H and O–H groups in total. The summed E-state index contributed by atoms with van der Waals surface area (Å²) < 4.78 is 3.20. The number of aliphatic imine (C=N–C) groups is 1. The highest BCUT2D eigenvalue weighted by Crippen LogP contribution is 2.26. The number of aromatic nitrogens is 1. The van der Waals surface area contributed by atoms with Crippen molar-refractivity contribution >= 4 is 51.8 Å². The van der Waals surface area contributed by atoms with Gasteiger partial charge in [-0.1, -0.05) is 6.42 Å². The normalized spacial score (nSPS) is 14.4. The Kier molecular flexibility index (Phi) is 10.6. The molecule has 0 aromatic carbocycles. The molecule has 8 heteroatoms. The second-order valence-electron chi connectivity index (χ2n) is 6.62. The van der Waals surface area contributed by atoms with Crippen LogP contribution in [0, 0.1) is 5.92 Å². The smallest absolute Gasteiger partial charge is 0.223 e. The molecule has 1 aliphatic rings. The minimum atomic E-state index is 0. The molecule has 1 fully saturated rings. The van der Waals surface area contributed by atoms with Crippen LogP contribution in [-0.4, -0.2) is 48.0 Å². The van der Waals surface area contributed by atoms with E-state index in [2.05, 4.69) is 60.2 Å². The van der Waals surface area contributed by atoms with Gasteiger partial charge in [0.2, 0.25) is 5.91 Å². The Balaban J connectivity index is 0.00000338. The predicted molar refractivity (Wildman–Crippen MR) is 121 cm³/mol. The first-order chi connectivity index (χ1) is 12.0. The van der Waals surface area contributed by atoms with E-state index in [9.17, 15) is 4.79 Å². The highest BCUT2D eigenvalue weighted by atomic mass is 127. The maximum absolute atomic E-state index is 11.8. The molecule has 6 nitrogen and oxygen atoms in total. The van der Waals surface area contributed by atoms with Gasteiger partial charge < -0.3 is 20.1 Å². The zero-order valence-corrected chi connectivity index (χ0v) is 19.8. The van der Waals surface area contributed by atoms with E-state index in [0.29, 0.717) is 13.1 Å². The van der Waals surface area contributed by atoms with Gasteiger partial charge in [0.1, 0.15) is 0 Å². The second-order valence-corrected chi connectivity index (χ2v) is 7.54. The summed E-state index contributed by atoms with van der Waals surface area (Å²) in [6.45, 7) is 5.09. The summed E-state index contributed by atoms with van der Waals surface area (Å²) in [4.78, 5) is 18.6. The Morgan fingerprint density at radius 2 is 2.15 bits per heavy atom. The Bertz CT molecular complexity index is 600. The molecule has 1 aliphatic carbocycles. The number of amides is 1. The largest absolute Gasteiger partial charge is 0.357 e. The number of carbonyl (C=O) groups excluding carboxylic acids is 1. The quantitative estimate of drug-likeness (QED) is 0.231. The number of nitrogens with zero attached hydrogens (tertiary/aromatic N) is 3. The van der Waals surface area contributed by atoms with Gasteiger partial charge in [-0.3, -0.25) is 9.79 Å². The first kappa shape index (κ1) is 23.3. The van der Waals surface area contributed by atoms with Crippen LogP contribution in [0.5, 0.6) is 0 Å². The third-order valence-electron chi connectivity index (χ3n) is 4.54. The van der Waals surface area contributed by atoms with Crippen molar-refractivity contribution in [1.29, 1.82) is 0 Å². The van der Waals surface area contributed by atoms with Crippen LogP contribution in [0.2, 0.25) is 0 Å². The Labute approximate surface area is 182 Å². The Morgan fingerprint density at radius 3 is 2.69 bits per heavy atom. The summed E-state index contributed by atoms with van der Waals surface area (Å²) in [7, 11) is 4.09. The van der Waals surface area contributed by atoms with Gasteiger partial charge in [0.25, 0.3) is 0 Å². The molecule has 0 bridgehead atoms. The molecule has 0 saturated heterocycles. The van der Waals surface area contributed by atoms with Gasteiger partial charge in [-0.05, 0) is 48.2 Å². The van der Waals surface area contributed by atoms with E-state index in [0.717, 1.165) is 42.8 Å². The number of hydrogen-bond donors (Lipinski definition) is 2. The molecule has 1 heterocycles. The van der Waals surface area contributed by atoms with E-state index in [1.54, 1.807) is 0 Å². The number of hydrogen-bond acceptors (Lipinski definition) is 2. The van der Waals surface area contributed by atoms with Crippen LogP contribution in [0.4, 0.5) is 0 Å². The van der Waals surface area contributed by atoms with Crippen molar-refractivity contribution in [3.05, 3.63) is 22.4 Å². The van der Waals surface area contributed by atoms with Gasteiger partial charge in [0, 0.05) is 56.0 Å². The van der Waals surface area contributed by atoms with Crippen LogP contribution in [0.25, 0.3) is 0 Å². The molecule has 0 unspecified atom stereocenters. The number of halogens is 2. The molecule has 148 valence electrons. The molecular formula is C18H31BrIN5O. The van der Waals surface area contributed by atoms with Crippen molar-refractivity contribution in [3.63, 3.8) is 0 Å². The molecule has 0 aliphatic heterocycles. The van der Waals surface area contributed by atoms with Crippen molar-refractivity contribution in [2.24, 2.45) is 18.0 Å². The topological polar surface area (TPSA) is 61.7 Å². The van der Waals surface area contributed by atoms with Gasteiger partial charge >= 0.3 is 0 Å². The molecule has 26 heavy (non-hydrogen) atoms. The lowest BCUT2D eigenvalue weighted by Crippen LogP contribution is -2.39. The lowest BCUT2D eigenvalue weighted by atomic mass is 9.85. The van der Waals surface area contributed by atoms with Crippen LogP contribution in [0.3, 0.4) is 0 Å². The lowest BCUT2D eigenvalue weighted by molar-refractivity contribution is -0.127. The van der Waals surface area contributed by atoms with Gasteiger partial charge in [-0.15, -0.1) is 24.0 Å². The molecule has 1 aromatic rings. The van der Waals surface area contributed by atoms with Crippen LogP contribution in [0.1, 0.15) is 38.3 Å². The predicted octanol–water partition coefficient (Wildman–Crippen LogP) is 3.11. The molecule has 1 saturated carbocycles. The maximum atomic E-state index is 11.8. The summed E-state index contributed by atoms with van der Waals surface area (Å²) in [6.07, 6.45) is 6.20. The first-order valence-electron chi connectivity index (χ1n) is 9.09. The van der Waals surface area contributed by atoms with Crippen LogP contribution < -0.4 is 10.6 Å². The van der Waals surface area contributed by atoms with Gasteiger partial charge in [-0.25, -0.2) is 0 Å². The number of guanidine groups is 1. The monoisotopic (exact) mass is 539 g/mol. The van der Waals surface area contributed by atoms with E-state index < -0.39 is 0 Å². The van der Waals surface area contributed by atoms with E-state index in [4.69, 9.17) is 0 Å². The van der Waals surface area contributed by atoms with E-state index in [1.165, 1.54) is 12.1 Å². The maximum Gasteiger partial charge on any atom is 0.223 e. The Hall–Kier alpha value is -0.770. The van der Waals surface area contributed by atoms with Gasteiger partial charge in [0.15, 0.2) is 5.96 Å². The third-order valence-corrected chi connectivity index (χ3v) is 4.98. The molecule has 0 spiro atoms. The van der Waals surface area contributed by atoms with Gasteiger partial charge in [0.05, 0.1) is 6.54 Å². The van der Waals surface area contributed by atoms with Crippen molar-refractivity contribution in [2.45, 2.75) is 39.2 Å². The van der Waals surface area contributed by atoms with E-state index in [-0.39, 0.29) is 35.8 Å². The lowest BCUT2D eigenvalue weighted by Gasteiger charge is -2.24. The SMILES string of the molecule is CCNC(=NCCCNC(=O)C1CCC1)N(C)Cc1cc(Br)cn1C.I. The molecular weight excluding hydrogens is 509 g/mol. The minimum absolute atomic E-state index is 0. The van der Waals surface area contributed by atoms with Gasteiger partial charge in [-0.2, -0.15) is 0 Å². The highest BCUT2D eigenvalue weighted by Gasteiger charge is 2.24. The Morgan fingerprint density at radius 1 is 1.42 bits per heavy atom. The van der Waals surface area contributed by atoms with Crippen molar-refractivity contribution in [1.82, 2.24) is 20.1 Å². The molecule has 2 rings (SSSR count). The van der Waals surface area contributed by atoms with Crippen LogP contribution >= 0.6 is 39.9 Å². The fourth-order valence-electron chi connectivity index (χ4n) is 2.80. The minimum Gasteiger partial charge on any atom is -0.357 e. The molecule has 0 atom stereocenters. The average Bonchev–Trinajstić information content (AvgIpc) is 2.81. The summed E-state index contributed by atoms with van der Waals surface area (Å²) in [5.41, 5.74) is 1.22. The van der Waals surface area contributed by atoms with Crippen LogP contribution in [-0.2, 0) is 18.4 Å². The molecule has 0 radical (unpaired) electrons. The molecule has 1 amide bonds. The number of nitrogens with one attached hydrogen (secondary N) is 2. The standard InChI is InChI=1S/C18H30BrN5O.HI/c1-4-20-18(24(3)13-16-11-15(19)12-23(16)2)22-10-6-9-21-17(25)14-7-5-8-14;/h11-12,14H,4-10,13H2,1-3H3,(H,20,22)(H,21,25);1H. The van der Waals surface area contributed by atoms with Crippen molar-refractivity contribution in [2.75, 3.05) is 26.7 Å². The summed E-state index contributed by atoms with van der Waals surface area (Å²) >= 11 is 3.51. The van der Waals surface area contributed by atoms with E-state index in [1.807, 2.05) is 14.1 Å². The van der Waals surface area contributed by atoms with E-state index >= 15 is 0 Å². The second kappa shape index (κ2) is 11.8. The summed E-state index contributed by atoms with van der Waals surface area (Å²) in [6, 6.07) is 2.12. The average molecular weight is 540 g/mol. The first-order valence-corrected chi connectivity index (χ1v) is 9.88. The fourth-order valence-corrected chi connectivity index (χ4v) is 3.37. The van der Waals surface area contributed by atoms with Crippen molar-refractivity contribution in [3.8, 4) is 0 Å². The molecule has 1 aromatic heterocycles. The number of rotatable bonds is 8. The number of aryl methyl sites for hydroxylation is 1. The van der Waals surface area contributed by atoms with Crippen LogP contribution in [0.15, 0.2) is 21.7 Å². The zero-order chi connectivity index (χ0) is 18.2. The zero-order valence-electron chi connectivity index (χ0n) is 15.9.